The first kappa shape index (κ1) is 11.3. The van der Waals surface area contributed by atoms with E-state index in [2.05, 4.69) is 0 Å². The molecule has 4 heteroatoms. The van der Waals surface area contributed by atoms with Gasteiger partial charge >= 0.3 is 0 Å². The highest BCUT2D eigenvalue weighted by molar-refractivity contribution is 6.33. The summed E-state index contributed by atoms with van der Waals surface area (Å²) in [6.07, 6.45) is 0. The summed E-state index contributed by atoms with van der Waals surface area (Å²) in [6.45, 7) is 1.89. The Morgan fingerprint density at radius 3 is 2.86 bits per heavy atom. The zero-order valence-corrected chi connectivity index (χ0v) is 8.62. The van der Waals surface area contributed by atoms with Crippen LogP contribution in [0.2, 0.25) is 5.02 Å². The molecule has 0 amide bonds. The van der Waals surface area contributed by atoms with Crippen molar-refractivity contribution in [3.8, 4) is 5.75 Å². The van der Waals surface area contributed by atoms with Gasteiger partial charge in [-0.15, -0.1) is 0 Å². The fraction of sp³-hybridized carbons (Fsp3) is 0.300. The molecule has 1 rings (SSSR count). The molecule has 14 heavy (non-hydrogen) atoms. The summed E-state index contributed by atoms with van der Waals surface area (Å²) in [5.74, 6) is 0.548. The van der Waals surface area contributed by atoms with Crippen molar-refractivity contribution in [2.75, 3.05) is 20.3 Å². The highest BCUT2D eigenvalue weighted by Gasteiger charge is 2.05. The molecule has 0 aliphatic heterocycles. The topological polar surface area (TPSA) is 38.7 Å². The Morgan fingerprint density at radius 1 is 1.43 bits per heavy atom. The van der Waals surface area contributed by atoms with E-state index in [1.54, 1.807) is 25.3 Å². The van der Waals surface area contributed by atoms with Crippen molar-refractivity contribution in [1.82, 2.24) is 0 Å². The summed E-state index contributed by atoms with van der Waals surface area (Å²) in [4.78, 5) is 0. The van der Waals surface area contributed by atoms with Crippen molar-refractivity contribution in [3.63, 3.8) is 0 Å². The molecule has 1 radical (unpaired) electrons. The second-order valence-electron chi connectivity index (χ2n) is 2.63. The Kier molecular flexibility index (Phi) is 4.73. The summed E-state index contributed by atoms with van der Waals surface area (Å²) < 4.78 is 10.2. The second-order valence-corrected chi connectivity index (χ2v) is 3.01. The first-order valence-electron chi connectivity index (χ1n) is 4.17. The van der Waals surface area contributed by atoms with Gasteiger partial charge in [0, 0.05) is 12.7 Å². The molecule has 1 N–H and O–H groups in total. The van der Waals surface area contributed by atoms with E-state index < -0.39 is 0 Å². The molecular weight excluding hydrogens is 204 g/mol. The number of hydrogen-bond donors (Lipinski definition) is 1. The molecule has 0 aromatic heterocycles. The number of rotatable bonds is 5. The number of aliphatic hydroxyl groups is 1. The molecule has 1 aromatic carbocycles. The highest BCUT2D eigenvalue weighted by Crippen LogP contribution is 2.28. The van der Waals surface area contributed by atoms with Crippen LogP contribution in [0.15, 0.2) is 18.2 Å². The van der Waals surface area contributed by atoms with Gasteiger partial charge in [-0.25, -0.2) is 0 Å². The fourth-order valence-electron chi connectivity index (χ4n) is 0.974. The van der Waals surface area contributed by atoms with Crippen LogP contribution in [0, 0.1) is 6.61 Å². The molecule has 77 valence electrons. The third kappa shape index (κ3) is 2.87. The van der Waals surface area contributed by atoms with Gasteiger partial charge in [0.25, 0.3) is 0 Å². The Balaban J connectivity index is 2.66. The van der Waals surface area contributed by atoms with Crippen LogP contribution < -0.4 is 4.74 Å². The van der Waals surface area contributed by atoms with E-state index in [0.717, 1.165) is 6.61 Å². The van der Waals surface area contributed by atoms with E-state index in [4.69, 9.17) is 26.2 Å². The Hall–Kier alpha value is -0.770. The molecule has 0 fully saturated rings. The van der Waals surface area contributed by atoms with E-state index in [0.29, 0.717) is 29.5 Å². The minimum atomic E-state index is 0.408. The van der Waals surface area contributed by atoms with E-state index >= 15 is 0 Å². The molecule has 3 nitrogen and oxygen atoms in total. The Labute approximate surface area is 88.2 Å². The van der Waals surface area contributed by atoms with Gasteiger partial charge in [-0.1, -0.05) is 23.7 Å². The van der Waals surface area contributed by atoms with Gasteiger partial charge in [0.2, 0.25) is 0 Å². The number of benzene rings is 1. The van der Waals surface area contributed by atoms with Gasteiger partial charge in [-0.2, -0.15) is 0 Å². The molecule has 1 aromatic rings. The second kappa shape index (κ2) is 5.86. The average molecular weight is 216 g/mol. The zero-order chi connectivity index (χ0) is 10.4. The first-order chi connectivity index (χ1) is 6.79. The molecular formula is C10H12ClO3. The van der Waals surface area contributed by atoms with E-state index in [1.165, 1.54) is 0 Å². The van der Waals surface area contributed by atoms with Crippen molar-refractivity contribution < 1.29 is 14.6 Å². The molecule has 0 heterocycles. The van der Waals surface area contributed by atoms with Crippen molar-refractivity contribution in [2.24, 2.45) is 0 Å². The van der Waals surface area contributed by atoms with Crippen LogP contribution in [-0.4, -0.2) is 25.4 Å². The van der Waals surface area contributed by atoms with Crippen LogP contribution in [0.25, 0.3) is 0 Å². The zero-order valence-electron chi connectivity index (χ0n) is 7.87. The SMILES string of the molecule is COCCOc1cccc([CH]O)c1Cl. The molecule has 0 unspecified atom stereocenters. The van der Waals surface area contributed by atoms with Crippen molar-refractivity contribution in [2.45, 2.75) is 0 Å². The lowest BCUT2D eigenvalue weighted by Crippen LogP contribution is -2.04. The quantitative estimate of drug-likeness (QED) is 0.766. The fourth-order valence-corrected chi connectivity index (χ4v) is 1.20. The molecule has 0 atom stereocenters. The van der Waals surface area contributed by atoms with Crippen LogP contribution in [0.4, 0.5) is 0 Å². The molecule has 0 spiro atoms. The standard InChI is InChI=1S/C10H12ClO3/c1-13-5-6-14-9-4-2-3-8(7-12)10(9)11/h2-4,7,12H,5-6H2,1H3. The normalized spacial score (nSPS) is 10.2. The predicted molar refractivity (Wildman–Crippen MR) is 54.2 cm³/mol. The van der Waals surface area contributed by atoms with Crippen LogP contribution >= 0.6 is 11.6 Å². The van der Waals surface area contributed by atoms with Gasteiger partial charge in [-0.05, 0) is 6.07 Å². The van der Waals surface area contributed by atoms with Gasteiger partial charge in [0.15, 0.2) is 0 Å². The summed E-state index contributed by atoms with van der Waals surface area (Å²) >= 11 is 5.93. The van der Waals surface area contributed by atoms with E-state index in [1.807, 2.05) is 0 Å². The molecule has 0 bridgehead atoms. The van der Waals surface area contributed by atoms with E-state index in [-0.39, 0.29) is 0 Å². The minimum Gasteiger partial charge on any atom is -0.490 e. The predicted octanol–water partition coefficient (Wildman–Crippen LogP) is 2.25. The van der Waals surface area contributed by atoms with Crippen LogP contribution in [-0.2, 0) is 4.74 Å². The number of ether oxygens (including phenoxy) is 2. The lowest BCUT2D eigenvalue weighted by atomic mass is 10.2. The van der Waals surface area contributed by atoms with Gasteiger partial charge in [0.05, 0.1) is 11.6 Å². The summed E-state index contributed by atoms with van der Waals surface area (Å²) in [5.41, 5.74) is 0.543. The Bertz CT molecular complexity index is 289. The maximum absolute atomic E-state index is 8.82. The summed E-state index contributed by atoms with van der Waals surface area (Å²) in [5, 5.41) is 9.23. The molecule has 0 aliphatic rings. The van der Waals surface area contributed by atoms with Crippen molar-refractivity contribution in [3.05, 3.63) is 35.4 Å². The number of halogens is 1. The van der Waals surface area contributed by atoms with Gasteiger partial charge < -0.3 is 14.6 Å². The highest BCUT2D eigenvalue weighted by atomic mass is 35.5. The summed E-state index contributed by atoms with van der Waals surface area (Å²) in [7, 11) is 1.60. The third-order valence-corrected chi connectivity index (χ3v) is 2.08. The maximum Gasteiger partial charge on any atom is 0.138 e. The van der Waals surface area contributed by atoms with Crippen LogP contribution in [0.1, 0.15) is 5.56 Å². The largest absolute Gasteiger partial charge is 0.490 e. The lowest BCUT2D eigenvalue weighted by molar-refractivity contribution is 0.146. The average Bonchev–Trinajstić information content (AvgIpc) is 2.21. The van der Waals surface area contributed by atoms with Crippen LogP contribution in [0.5, 0.6) is 5.75 Å². The minimum absolute atomic E-state index is 0.408. The monoisotopic (exact) mass is 215 g/mol. The molecule has 0 saturated heterocycles. The first-order valence-corrected chi connectivity index (χ1v) is 4.55. The van der Waals surface area contributed by atoms with Gasteiger partial charge in [0.1, 0.15) is 19.0 Å². The molecule has 0 saturated carbocycles. The third-order valence-electron chi connectivity index (χ3n) is 1.68. The summed E-state index contributed by atoms with van der Waals surface area (Å²) in [6, 6.07) is 5.20. The number of aliphatic hydroxyl groups excluding tert-OH is 1. The Morgan fingerprint density at radius 2 is 2.21 bits per heavy atom. The van der Waals surface area contributed by atoms with E-state index in [9.17, 15) is 0 Å². The van der Waals surface area contributed by atoms with Crippen molar-refractivity contribution >= 4 is 11.6 Å². The maximum atomic E-state index is 8.82. The van der Waals surface area contributed by atoms with Crippen molar-refractivity contribution in [1.29, 1.82) is 0 Å². The van der Waals surface area contributed by atoms with Gasteiger partial charge in [-0.3, -0.25) is 0 Å². The smallest absolute Gasteiger partial charge is 0.138 e. The number of hydrogen-bond acceptors (Lipinski definition) is 3. The molecule has 0 aliphatic carbocycles. The number of methoxy groups -OCH3 is 1. The lowest BCUT2D eigenvalue weighted by Gasteiger charge is -2.09. The van der Waals surface area contributed by atoms with Crippen LogP contribution in [0.3, 0.4) is 0 Å².